The molecule has 9 heteroatoms. The predicted molar refractivity (Wildman–Crippen MR) is 105 cm³/mol. The van der Waals surface area contributed by atoms with E-state index in [9.17, 15) is 18.4 Å². The first-order chi connectivity index (χ1) is 14.4. The molecule has 2 N–H and O–H groups in total. The number of aromatic nitrogens is 2. The van der Waals surface area contributed by atoms with Gasteiger partial charge in [0.2, 0.25) is 5.78 Å². The van der Waals surface area contributed by atoms with Crippen LogP contribution in [0.4, 0.5) is 14.6 Å². The lowest BCUT2D eigenvalue weighted by atomic mass is 9.97. The Kier molecular flexibility index (Phi) is 7.15. The molecule has 1 aromatic heterocycles. The average molecular weight is 421 g/mol. The molecule has 7 nitrogen and oxygen atoms in total. The molecule has 1 saturated heterocycles. The van der Waals surface area contributed by atoms with Gasteiger partial charge in [0.25, 0.3) is 0 Å². The third kappa shape index (κ3) is 4.84. The van der Waals surface area contributed by atoms with Crippen LogP contribution in [-0.2, 0) is 22.4 Å². The number of aryl methyl sites for hydroxylation is 2. The van der Waals surface area contributed by atoms with Crippen LogP contribution in [0.15, 0.2) is 18.2 Å². The molecular weight excluding hydrogens is 396 g/mol. The SMILES string of the molecule is CCc1nn(CCC2CCOCC2)c(N)c1C(=O)OCC(=O)c1c(F)cccc1F. The number of nitrogens with zero attached hydrogens (tertiary/aromatic N) is 2. The second kappa shape index (κ2) is 9.80. The van der Waals surface area contributed by atoms with Gasteiger partial charge in [-0.25, -0.2) is 18.3 Å². The number of hydrogen-bond donors (Lipinski definition) is 1. The maximum absolute atomic E-state index is 13.7. The van der Waals surface area contributed by atoms with Crippen LogP contribution in [0.1, 0.15) is 52.6 Å². The van der Waals surface area contributed by atoms with Crippen molar-refractivity contribution in [3.05, 3.63) is 46.7 Å². The highest BCUT2D eigenvalue weighted by Gasteiger charge is 2.25. The molecule has 1 fully saturated rings. The molecule has 0 atom stereocenters. The van der Waals surface area contributed by atoms with E-state index in [1.165, 1.54) is 0 Å². The Morgan fingerprint density at radius 2 is 1.90 bits per heavy atom. The average Bonchev–Trinajstić information content (AvgIpc) is 3.06. The molecule has 2 aromatic rings. The first kappa shape index (κ1) is 21.9. The molecular formula is C21H25F2N3O4. The van der Waals surface area contributed by atoms with Crippen molar-refractivity contribution in [1.29, 1.82) is 0 Å². The van der Waals surface area contributed by atoms with Crippen LogP contribution in [-0.4, -0.2) is 41.4 Å². The molecule has 0 bridgehead atoms. The van der Waals surface area contributed by atoms with E-state index in [0.717, 1.165) is 50.7 Å². The molecule has 0 radical (unpaired) electrons. The maximum Gasteiger partial charge on any atom is 0.344 e. The molecule has 0 unspecified atom stereocenters. The summed E-state index contributed by atoms with van der Waals surface area (Å²) in [4.78, 5) is 24.7. The molecule has 0 spiro atoms. The Labute approximate surface area is 173 Å². The van der Waals surface area contributed by atoms with Gasteiger partial charge < -0.3 is 15.2 Å². The molecule has 2 heterocycles. The van der Waals surface area contributed by atoms with E-state index in [1.54, 1.807) is 4.68 Å². The van der Waals surface area contributed by atoms with Crippen LogP contribution >= 0.6 is 0 Å². The van der Waals surface area contributed by atoms with Crippen molar-refractivity contribution in [2.45, 2.75) is 39.2 Å². The minimum atomic E-state index is -1.01. The highest BCUT2D eigenvalue weighted by Crippen LogP contribution is 2.23. The van der Waals surface area contributed by atoms with Gasteiger partial charge in [-0.1, -0.05) is 13.0 Å². The van der Waals surface area contributed by atoms with E-state index in [0.29, 0.717) is 24.6 Å². The molecule has 1 aliphatic rings. The Morgan fingerprint density at radius 1 is 1.23 bits per heavy atom. The van der Waals surface area contributed by atoms with Crippen LogP contribution in [0.3, 0.4) is 0 Å². The zero-order chi connectivity index (χ0) is 21.7. The molecule has 0 amide bonds. The number of carbonyl (C=O) groups excluding carboxylic acids is 2. The first-order valence-electron chi connectivity index (χ1n) is 9.99. The third-order valence-electron chi connectivity index (χ3n) is 5.27. The van der Waals surface area contributed by atoms with E-state index >= 15 is 0 Å². The Morgan fingerprint density at radius 3 is 2.53 bits per heavy atom. The third-order valence-corrected chi connectivity index (χ3v) is 5.27. The van der Waals surface area contributed by atoms with Crippen molar-refractivity contribution in [3.8, 4) is 0 Å². The molecule has 30 heavy (non-hydrogen) atoms. The van der Waals surface area contributed by atoms with Gasteiger partial charge in [0, 0.05) is 19.8 Å². The topological polar surface area (TPSA) is 96.4 Å². The van der Waals surface area contributed by atoms with Gasteiger partial charge in [-0.15, -0.1) is 0 Å². The van der Waals surface area contributed by atoms with E-state index in [1.807, 2.05) is 6.92 Å². The zero-order valence-corrected chi connectivity index (χ0v) is 16.8. The number of nitrogen functional groups attached to an aromatic ring is 1. The lowest BCUT2D eigenvalue weighted by Crippen LogP contribution is -2.19. The van der Waals surface area contributed by atoms with Gasteiger partial charge in [-0.3, -0.25) is 4.79 Å². The van der Waals surface area contributed by atoms with Gasteiger partial charge >= 0.3 is 5.97 Å². The van der Waals surface area contributed by atoms with Crippen molar-refractivity contribution in [2.24, 2.45) is 5.92 Å². The molecule has 0 aliphatic carbocycles. The van der Waals surface area contributed by atoms with Crippen molar-refractivity contribution < 1.29 is 27.8 Å². The molecule has 3 rings (SSSR count). The molecule has 162 valence electrons. The number of ketones is 1. The number of carbonyl (C=O) groups is 2. The number of ether oxygens (including phenoxy) is 2. The van der Waals surface area contributed by atoms with Crippen LogP contribution in [0.25, 0.3) is 0 Å². The summed E-state index contributed by atoms with van der Waals surface area (Å²) in [6.45, 7) is 3.06. The Balaban J connectivity index is 1.67. The monoisotopic (exact) mass is 421 g/mol. The minimum Gasteiger partial charge on any atom is -0.454 e. The number of anilines is 1. The zero-order valence-electron chi connectivity index (χ0n) is 16.8. The summed E-state index contributed by atoms with van der Waals surface area (Å²) in [5.74, 6) is -3.16. The number of halogens is 2. The number of hydrogen-bond acceptors (Lipinski definition) is 6. The van der Waals surface area contributed by atoms with Gasteiger partial charge in [0.15, 0.2) is 6.61 Å². The van der Waals surface area contributed by atoms with Crippen molar-refractivity contribution in [1.82, 2.24) is 9.78 Å². The summed E-state index contributed by atoms with van der Waals surface area (Å²) in [6, 6.07) is 3.08. The van der Waals surface area contributed by atoms with Gasteiger partial charge in [0.1, 0.15) is 23.0 Å². The van der Waals surface area contributed by atoms with Crippen molar-refractivity contribution in [2.75, 3.05) is 25.6 Å². The normalized spacial score (nSPS) is 14.6. The largest absolute Gasteiger partial charge is 0.454 e. The summed E-state index contributed by atoms with van der Waals surface area (Å²) in [6.07, 6.45) is 3.25. The molecule has 0 saturated carbocycles. The summed E-state index contributed by atoms with van der Waals surface area (Å²) < 4.78 is 39.4. The highest BCUT2D eigenvalue weighted by molar-refractivity contribution is 6.01. The molecule has 1 aliphatic heterocycles. The standard InChI is InChI=1S/C21H25F2N3O4/c1-2-16-19(20(24)26(25-16)9-6-13-7-10-29-11-8-13)21(28)30-12-17(27)18-14(22)4-3-5-15(18)23/h3-5,13H,2,6-12,24H2,1H3. The number of Topliss-reactive ketones (excluding diaryl/α,β-unsaturated/α-hetero) is 1. The lowest BCUT2D eigenvalue weighted by molar-refractivity contribution is 0.0472. The minimum absolute atomic E-state index is 0.0892. The van der Waals surface area contributed by atoms with E-state index in [-0.39, 0.29) is 11.4 Å². The Bertz CT molecular complexity index is 903. The van der Waals surface area contributed by atoms with E-state index in [2.05, 4.69) is 5.10 Å². The summed E-state index contributed by atoms with van der Waals surface area (Å²) in [5.41, 5.74) is 5.94. The maximum atomic E-state index is 13.7. The Hall–Kier alpha value is -2.81. The fraction of sp³-hybridized carbons (Fsp3) is 0.476. The second-order valence-corrected chi connectivity index (χ2v) is 7.22. The molecule has 1 aromatic carbocycles. The van der Waals surface area contributed by atoms with Crippen molar-refractivity contribution >= 4 is 17.6 Å². The number of esters is 1. The number of nitrogens with two attached hydrogens (primary N) is 1. The quantitative estimate of drug-likeness (QED) is 0.520. The fourth-order valence-corrected chi connectivity index (χ4v) is 3.55. The smallest absolute Gasteiger partial charge is 0.344 e. The number of rotatable bonds is 8. The van der Waals surface area contributed by atoms with Gasteiger partial charge in [-0.05, 0) is 43.7 Å². The summed E-state index contributed by atoms with van der Waals surface area (Å²) in [7, 11) is 0. The van der Waals surface area contributed by atoms with Crippen LogP contribution in [0.5, 0.6) is 0 Å². The van der Waals surface area contributed by atoms with E-state index < -0.39 is 35.6 Å². The van der Waals surface area contributed by atoms with Gasteiger partial charge in [-0.2, -0.15) is 5.10 Å². The first-order valence-corrected chi connectivity index (χ1v) is 9.99. The van der Waals surface area contributed by atoms with Gasteiger partial charge in [0.05, 0.1) is 11.3 Å². The van der Waals surface area contributed by atoms with Crippen LogP contribution in [0, 0.1) is 17.6 Å². The van der Waals surface area contributed by atoms with Crippen molar-refractivity contribution in [3.63, 3.8) is 0 Å². The lowest BCUT2D eigenvalue weighted by Gasteiger charge is -2.21. The second-order valence-electron chi connectivity index (χ2n) is 7.22. The summed E-state index contributed by atoms with van der Waals surface area (Å²) >= 11 is 0. The highest BCUT2D eigenvalue weighted by atomic mass is 19.1. The summed E-state index contributed by atoms with van der Waals surface area (Å²) in [5, 5.41) is 4.40. The number of benzene rings is 1. The van der Waals surface area contributed by atoms with E-state index in [4.69, 9.17) is 15.2 Å². The fourth-order valence-electron chi connectivity index (χ4n) is 3.55. The van der Waals surface area contributed by atoms with Crippen LogP contribution < -0.4 is 5.73 Å². The van der Waals surface area contributed by atoms with Crippen LogP contribution in [0.2, 0.25) is 0 Å². The predicted octanol–water partition coefficient (Wildman–Crippen LogP) is 3.16.